The van der Waals surface area contributed by atoms with Gasteiger partial charge in [0.2, 0.25) is 0 Å². The average Bonchev–Trinajstić information content (AvgIpc) is 1.91. The third-order valence-electron chi connectivity index (χ3n) is 1.76. The summed E-state index contributed by atoms with van der Waals surface area (Å²) in [7, 11) is 0. The van der Waals surface area contributed by atoms with Crippen molar-refractivity contribution in [2.24, 2.45) is 5.92 Å². The van der Waals surface area contributed by atoms with Crippen molar-refractivity contribution < 1.29 is 4.39 Å². The summed E-state index contributed by atoms with van der Waals surface area (Å²) in [5.41, 5.74) is 0. The Morgan fingerprint density at radius 2 is 2.14 bits per heavy atom. The molecule has 1 fully saturated rings. The maximum atomic E-state index is 12.3. The summed E-state index contributed by atoms with van der Waals surface area (Å²) < 4.78 is 12.3. The van der Waals surface area contributed by atoms with Crippen molar-refractivity contribution in [2.75, 3.05) is 0 Å². The summed E-state index contributed by atoms with van der Waals surface area (Å²) in [5, 5.41) is 0. The van der Waals surface area contributed by atoms with Crippen LogP contribution in [-0.4, -0.2) is 6.17 Å². The summed E-state index contributed by atoms with van der Waals surface area (Å²) >= 11 is 0. The van der Waals surface area contributed by atoms with Crippen molar-refractivity contribution >= 4 is 0 Å². The van der Waals surface area contributed by atoms with Gasteiger partial charge in [0.05, 0.1) is 0 Å². The molecule has 1 heteroatoms. The highest BCUT2D eigenvalue weighted by molar-refractivity contribution is 4.72. The fourth-order valence-electron chi connectivity index (χ4n) is 1.10. The van der Waals surface area contributed by atoms with E-state index in [9.17, 15) is 4.39 Å². The molecule has 42 valence electrons. The SMILES string of the molecule is C[C@H]1CCC[C@@H]1F. The Balaban J connectivity index is 2.33. The van der Waals surface area contributed by atoms with Crippen molar-refractivity contribution in [3.8, 4) is 0 Å². The minimum absolute atomic E-state index is 0.347. The first-order chi connectivity index (χ1) is 3.30. The summed E-state index contributed by atoms with van der Waals surface area (Å²) in [6.07, 6.45) is 2.52. The molecule has 0 N–H and O–H groups in total. The molecule has 0 aromatic rings. The Morgan fingerprint density at radius 3 is 2.29 bits per heavy atom. The van der Waals surface area contributed by atoms with Crippen LogP contribution < -0.4 is 0 Å². The van der Waals surface area contributed by atoms with Gasteiger partial charge in [0, 0.05) is 0 Å². The molecule has 0 bridgehead atoms. The average molecular weight is 102 g/mol. The first kappa shape index (κ1) is 5.07. The van der Waals surface area contributed by atoms with E-state index in [0.29, 0.717) is 5.92 Å². The third-order valence-corrected chi connectivity index (χ3v) is 1.76. The molecule has 0 amide bonds. The molecular weight excluding hydrogens is 91.1 g/mol. The summed E-state index contributed by atoms with van der Waals surface area (Å²) in [4.78, 5) is 0. The zero-order chi connectivity index (χ0) is 5.28. The minimum Gasteiger partial charge on any atom is -0.247 e. The Morgan fingerprint density at radius 1 is 1.43 bits per heavy atom. The minimum atomic E-state index is -0.486. The Bertz CT molecular complexity index is 53.2. The van der Waals surface area contributed by atoms with Crippen LogP contribution in [0.5, 0.6) is 0 Å². The summed E-state index contributed by atoms with van der Waals surface area (Å²) in [5.74, 6) is 0.347. The molecule has 1 saturated carbocycles. The van der Waals surface area contributed by atoms with Crippen LogP contribution in [0.3, 0.4) is 0 Å². The van der Waals surface area contributed by atoms with E-state index in [1.165, 1.54) is 0 Å². The van der Waals surface area contributed by atoms with E-state index < -0.39 is 6.17 Å². The molecule has 0 saturated heterocycles. The van der Waals surface area contributed by atoms with Crippen LogP contribution in [0.2, 0.25) is 0 Å². The molecule has 0 radical (unpaired) electrons. The molecule has 0 aromatic heterocycles. The van der Waals surface area contributed by atoms with E-state index in [1.807, 2.05) is 6.92 Å². The fourth-order valence-corrected chi connectivity index (χ4v) is 1.10. The second-order valence-electron chi connectivity index (χ2n) is 2.42. The van der Waals surface area contributed by atoms with Crippen molar-refractivity contribution in [3.05, 3.63) is 0 Å². The Kier molecular flexibility index (Phi) is 1.31. The number of rotatable bonds is 0. The van der Waals surface area contributed by atoms with Gasteiger partial charge in [-0.3, -0.25) is 0 Å². The van der Waals surface area contributed by atoms with Gasteiger partial charge in [-0.1, -0.05) is 13.3 Å². The van der Waals surface area contributed by atoms with Crippen LogP contribution in [0.15, 0.2) is 0 Å². The maximum Gasteiger partial charge on any atom is 0.103 e. The van der Waals surface area contributed by atoms with Gasteiger partial charge in [-0.15, -0.1) is 0 Å². The lowest BCUT2D eigenvalue weighted by atomic mass is 10.1. The number of alkyl halides is 1. The molecule has 7 heavy (non-hydrogen) atoms. The van der Waals surface area contributed by atoms with Gasteiger partial charge in [0.1, 0.15) is 6.17 Å². The fraction of sp³-hybridized carbons (Fsp3) is 1.00. The van der Waals surface area contributed by atoms with Crippen molar-refractivity contribution in [2.45, 2.75) is 32.4 Å². The van der Waals surface area contributed by atoms with Crippen LogP contribution in [-0.2, 0) is 0 Å². The number of halogens is 1. The van der Waals surface area contributed by atoms with E-state index >= 15 is 0 Å². The largest absolute Gasteiger partial charge is 0.247 e. The predicted octanol–water partition coefficient (Wildman–Crippen LogP) is 2.14. The van der Waals surface area contributed by atoms with E-state index in [-0.39, 0.29) is 0 Å². The standard InChI is InChI=1S/C6H11F/c1-5-3-2-4-6(5)7/h5-6H,2-4H2,1H3/t5-,6-/m0/s1. The van der Waals surface area contributed by atoms with Crippen molar-refractivity contribution in [1.82, 2.24) is 0 Å². The predicted molar refractivity (Wildman–Crippen MR) is 27.9 cm³/mol. The van der Waals surface area contributed by atoms with Crippen LogP contribution in [0.25, 0.3) is 0 Å². The van der Waals surface area contributed by atoms with E-state index in [4.69, 9.17) is 0 Å². The Hall–Kier alpha value is -0.0700. The summed E-state index contributed by atoms with van der Waals surface area (Å²) in [6.45, 7) is 1.98. The van der Waals surface area contributed by atoms with Gasteiger partial charge in [-0.25, -0.2) is 4.39 Å². The highest BCUT2D eigenvalue weighted by Gasteiger charge is 2.21. The monoisotopic (exact) mass is 102 g/mol. The van der Waals surface area contributed by atoms with E-state index in [1.54, 1.807) is 0 Å². The molecule has 0 aromatic carbocycles. The highest BCUT2D eigenvalue weighted by Crippen LogP contribution is 2.26. The normalized spacial score (nSPS) is 42.0. The lowest BCUT2D eigenvalue weighted by Gasteiger charge is -2.00. The molecule has 0 nitrogen and oxygen atoms in total. The van der Waals surface area contributed by atoms with Gasteiger partial charge < -0.3 is 0 Å². The van der Waals surface area contributed by atoms with Gasteiger partial charge in [0.25, 0.3) is 0 Å². The van der Waals surface area contributed by atoms with Gasteiger partial charge in [0.15, 0.2) is 0 Å². The molecular formula is C6H11F. The van der Waals surface area contributed by atoms with Gasteiger partial charge in [-0.2, -0.15) is 0 Å². The second-order valence-corrected chi connectivity index (χ2v) is 2.42. The Labute approximate surface area is 43.7 Å². The second kappa shape index (κ2) is 1.81. The van der Waals surface area contributed by atoms with Crippen LogP contribution in [0.4, 0.5) is 4.39 Å². The summed E-state index contributed by atoms with van der Waals surface area (Å²) in [6, 6.07) is 0. The van der Waals surface area contributed by atoms with Crippen molar-refractivity contribution in [3.63, 3.8) is 0 Å². The van der Waals surface area contributed by atoms with E-state index in [0.717, 1.165) is 19.3 Å². The molecule has 1 aliphatic carbocycles. The maximum absolute atomic E-state index is 12.3. The first-order valence-electron chi connectivity index (χ1n) is 2.95. The highest BCUT2D eigenvalue weighted by atomic mass is 19.1. The zero-order valence-corrected chi connectivity index (χ0v) is 4.65. The molecule has 0 aliphatic heterocycles. The zero-order valence-electron chi connectivity index (χ0n) is 4.65. The first-order valence-corrected chi connectivity index (χ1v) is 2.95. The smallest absolute Gasteiger partial charge is 0.103 e. The van der Waals surface area contributed by atoms with Crippen LogP contribution >= 0.6 is 0 Å². The van der Waals surface area contributed by atoms with E-state index in [2.05, 4.69) is 0 Å². The quantitative estimate of drug-likeness (QED) is 0.439. The lowest BCUT2D eigenvalue weighted by Crippen LogP contribution is -2.01. The molecule has 0 spiro atoms. The van der Waals surface area contributed by atoms with Gasteiger partial charge in [-0.05, 0) is 18.8 Å². The molecule has 1 rings (SSSR count). The molecule has 0 heterocycles. The molecule has 2 atom stereocenters. The van der Waals surface area contributed by atoms with Crippen LogP contribution in [0.1, 0.15) is 26.2 Å². The van der Waals surface area contributed by atoms with Gasteiger partial charge >= 0.3 is 0 Å². The van der Waals surface area contributed by atoms with Crippen LogP contribution in [0, 0.1) is 5.92 Å². The van der Waals surface area contributed by atoms with Crippen molar-refractivity contribution in [1.29, 1.82) is 0 Å². The molecule has 0 unspecified atom stereocenters. The topological polar surface area (TPSA) is 0 Å². The number of hydrogen-bond acceptors (Lipinski definition) is 0. The lowest BCUT2D eigenvalue weighted by molar-refractivity contribution is 0.278. The third kappa shape index (κ3) is 0.929. The molecule has 1 aliphatic rings. The number of hydrogen-bond donors (Lipinski definition) is 0.